The molecule has 0 unspecified atom stereocenters. The van der Waals surface area contributed by atoms with Crippen LogP contribution in [0.1, 0.15) is 27.2 Å². The SMILES string of the molecule is Cc1ccc2c3c([nH]c2c1)CCN(C(=O)c1ccc(F)c(F)c1F)C3. The first kappa shape index (κ1) is 15.7. The van der Waals surface area contributed by atoms with E-state index in [0.717, 1.165) is 39.9 Å². The van der Waals surface area contributed by atoms with Crippen LogP contribution in [0.15, 0.2) is 30.3 Å². The van der Waals surface area contributed by atoms with Gasteiger partial charge in [-0.3, -0.25) is 4.79 Å². The summed E-state index contributed by atoms with van der Waals surface area (Å²) in [6, 6.07) is 7.78. The minimum atomic E-state index is -1.62. The molecule has 3 nitrogen and oxygen atoms in total. The van der Waals surface area contributed by atoms with E-state index in [0.29, 0.717) is 19.5 Å². The molecule has 0 saturated heterocycles. The highest BCUT2D eigenvalue weighted by atomic mass is 19.2. The predicted octanol–water partition coefficient (Wildman–Crippen LogP) is 4.09. The van der Waals surface area contributed by atoms with Crippen LogP contribution in [-0.4, -0.2) is 22.3 Å². The Balaban J connectivity index is 1.69. The lowest BCUT2D eigenvalue weighted by Gasteiger charge is -2.27. The van der Waals surface area contributed by atoms with E-state index >= 15 is 0 Å². The van der Waals surface area contributed by atoms with E-state index in [4.69, 9.17) is 0 Å². The number of nitrogens with zero attached hydrogens (tertiary/aromatic N) is 1. The second-order valence-corrected chi connectivity index (χ2v) is 6.33. The molecular formula is C19H15F3N2O. The van der Waals surface area contributed by atoms with Crippen LogP contribution >= 0.6 is 0 Å². The van der Waals surface area contributed by atoms with E-state index in [2.05, 4.69) is 4.98 Å². The van der Waals surface area contributed by atoms with Crippen molar-refractivity contribution in [2.75, 3.05) is 6.54 Å². The van der Waals surface area contributed by atoms with E-state index in [-0.39, 0.29) is 0 Å². The standard InChI is InChI=1S/C19H15F3N2O/c1-10-2-3-11-13-9-24(7-6-15(13)23-16(11)8-10)19(25)12-4-5-14(20)18(22)17(12)21/h2-5,8,23H,6-7,9H2,1H3. The molecule has 1 aliphatic heterocycles. The van der Waals surface area contributed by atoms with Crippen LogP contribution in [0.5, 0.6) is 0 Å². The average molecular weight is 344 g/mol. The lowest BCUT2D eigenvalue weighted by atomic mass is 10.0. The number of rotatable bonds is 1. The number of fused-ring (bicyclic) bond motifs is 3. The highest BCUT2D eigenvalue weighted by molar-refractivity contribution is 5.95. The number of aryl methyl sites for hydroxylation is 1. The summed E-state index contributed by atoms with van der Waals surface area (Å²) in [7, 11) is 0. The quantitative estimate of drug-likeness (QED) is 0.663. The first-order chi connectivity index (χ1) is 12.0. The Labute approximate surface area is 142 Å². The Morgan fingerprint density at radius 3 is 2.72 bits per heavy atom. The smallest absolute Gasteiger partial charge is 0.257 e. The fraction of sp³-hybridized carbons (Fsp3) is 0.211. The van der Waals surface area contributed by atoms with Crippen molar-refractivity contribution in [1.29, 1.82) is 0 Å². The van der Waals surface area contributed by atoms with Crippen LogP contribution in [0, 0.1) is 24.4 Å². The molecule has 2 aromatic carbocycles. The monoisotopic (exact) mass is 344 g/mol. The van der Waals surface area contributed by atoms with Crippen molar-refractivity contribution in [3.05, 3.63) is 70.2 Å². The zero-order valence-electron chi connectivity index (χ0n) is 13.5. The molecule has 0 aliphatic carbocycles. The zero-order valence-corrected chi connectivity index (χ0v) is 13.5. The molecule has 1 aromatic heterocycles. The average Bonchev–Trinajstić information content (AvgIpc) is 2.95. The molecule has 0 saturated carbocycles. The number of benzene rings is 2. The summed E-state index contributed by atoms with van der Waals surface area (Å²) < 4.78 is 40.4. The molecule has 0 bridgehead atoms. The first-order valence-electron chi connectivity index (χ1n) is 7.98. The van der Waals surface area contributed by atoms with Gasteiger partial charge < -0.3 is 9.88 Å². The molecular weight excluding hydrogens is 329 g/mol. The molecule has 1 N–H and O–H groups in total. The second-order valence-electron chi connectivity index (χ2n) is 6.33. The van der Waals surface area contributed by atoms with Gasteiger partial charge in [0.05, 0.1) is 5.56 Å². The summed E-state index contributed by atoms with van der Waals surface area (Å²) in [6.45, 7) is 2.69. The summed E-state index contributed by atoms with van der Waals surface area (Å²) in [5.74, 6) is -5.00. The number of hydrogen-bond acceptors (Lipinski definition) is 1. The van der Waals surface area contributed by atoms with Crippen molar-refractivity contribution in [2.45, 2.75) is 19.9 Å². The summed E-state index contributed by atoms with van der Waals surface area (Å²) in [5.41, 5.74) is 3.72. The third-order valence-electron chi connectivity index (χ3n) is 4.68. The van der Waals surface area contributed by atoms with Crippen LogP contribution < -0.4 is 0 Å². The number of carbonyl (C=O) groups excluding carboxylic acids is 1. The Morgan fingerprint density at radius 2 is 1.92 bits per heavy atom. The maximum absolute atomic E-state index is 13.9. The van der Waals surface area contributed by atoms with Gasteiger partial charge in [0.15, 0.2) is 17.5 Å². The third kappa shape index (κ3) is 2.49. The highest BCUT2D eigenvalue weighted by Crippen LogP contribution is 2.29. The van der Waals surface area contributed by atoms with Crippen molar-refractivity contribution in [2.24, 2.45) is 0 Å². The van der Waals surface area contributed by atoms with Crippen LogP contribution in [0.3, 0.4) is 0 Å². The van der Waals surface area contributed by atoms with Gasteiger partial charge in [-0.15, -0.1) is 0 Å². The molecule has 0 radical (unpaired) electrons. The summed E-state index contributed by atoms with van der Waals surface area (Å²) in [6.07, 6.45) is 0.597. The van der Waals surface area contributed by atoms with E-state index in [9.17, 15) is 18.0 Å². The van der Waals surface area contributed by atoms with Crippen molar-refractivity contribution < 1.29 is 18.0 Å². The van der Waals surface area contributed by atoms with Gasteiger partial charge in [0.25, 0.3) is 5.91 Å². The van der Waals surface area contributed by atoms with Gasteiger partial charge in [0.2, 0.25) is 0 Å². The number of nitrogens with one attached hydrogen (secondary N) is 1. The maximum Gasteiger partial charge on any atom is 0.257 e. The van der Waals surface area contributed by atoms with Crippen LogP contribution in [0.2, 0.25) is 0 Å². The summed E-state index contributed by atoms with van der Waals surface area (Å²) >= 11 is 0. The molecule has 128 valence electrons. The number of hydrogen-bond donors (Lipinski definition) is 1. The first-order valence-corrected chi connectivity index (χ1v) is 7.98. The Hall–Kier alpha value is -2.76. The Bertz CT molecular complexity index is 1010. The fourth-order valence-corrected chi connectivity index (χ4v) is 3.37. The number of halogens is 3. The molecule has 2 heterocycles. The number of carbonyl (C=O) groups is 1. The topological polar surface area (TPSA) is 36.1 Å². The number of aromatic nitrogens is 1. The minimum absolute atomic E-state index is 0.301. The molecule has 0 spiro atoms. The molecule has 1 aliphatic rings. The van der Waals surface area contributed by atoms with E-state index in [1.54, 1.807) is 0 Å². The van der Waals surface area contributed by atoms with Gasteiger partial charge in [-0.2, -0.15) is 0 Å². The predicted molar refractivity (Wildman–Crippen MR) is 87.8 cm³/mol. The van der Waals surface area contributed by atoms with Crippen molar-refractivity contribution >= 4 is 16.8 Å². The molecule has 6 heteroatoms. The Morgan fingerprint density at radius 1 is 1.12 bits per heavy atom. The second kappa shape index (κ2) is 5.65. The maximum atomic E-state index is 13.9. The summed E-state index contributed by atoms with van der Waals surface area (Å²) in [4.78, 5) is 17.4. The molecule has 0 fully saturated rings. The molecule has 3 aromatic rings. The number of aromatic amines is 1. The van der Waals surface area contributed by atoms with Crippen molar-refractivity contribution in [3.63, 3.8) is 0 Å². The van der Waals surface area contributed by atoms with E-state index < -0.39 is 28.9 Å². The van der Waals surface area contributed by atoms with Gasteiger partial charge in [-0.1, -0.05) is 12.1 Å². The van der Waals surface area contributed by atoms with Crippen molar-refractivity contribution in [3.8, 4) is 0 Å². The van der Waals surface area contributed by atoms with Crippen LogP contribution in [0.25, 0.3) is 10.9 Å². The highest BCUT2D eigenvalue weighted by Gasteiger charge is 2.28. The molecule has 1 amide bonds. The van der Waals surface area contributed by atoms with Crippen molar-refractivity contribution in [1.82, 2.24) is 9.88 Å². The van der Waals surface area contributed by atoms with E-state index in [1.807, 2.05) is 25.1 Å². The number of amides is 1. The van der Waals surface area contributed by atoms with Crippen LogP contribution in [0.4, 0.5) is 13.2 Å². The van der Waals surface area contributed by atoms with E-state index in [1.165, 1.54) is 4.90 Å². The fourth-order valence-electron chi connectivity index (χ4n) is 3.37. The minimum Gasteiger partial charge on any atom is -0.358 e. The van der Waals surface area contributed by atoms with Gasteiger partial charge in [0, 0.05) is 41.7 Å². The molecule has 25 heavy (non-hydrogen) atoms. The van der Waals surface area contributed by atoms with Gasteiger partial charge in [0.1, 0.15) is 0 Å². The molecule has 0 atom stereocenters. The summed E-state index contributed by atoms with van der Waals surface area (Å²) in [5, 5.41) is 1.02. The van der Waals surface area contributed by atoms with Gasteiger partial charge in [-0.25, -0.2) is 13.2 Å². The third-order valence-corrected chi connectivity index (χ3v) is 4.68. The lowest BCUT2D eigenvalue weighted by molar-refractivity contribution is 0.0729. The van der Waals surface area contributed by atoms with Crippen LogP contribution in [-0.2, 0) is 13.0 Å². The largest absolute Gasteiger partial charge is 0.358 e. The normalized spacial score (nSPS) is 14.0. The van der Waals surface area contributed by atoms with Gasteiger partial charge in [-0.05, 0) is 30.7 Å². The molecule has 4 rings (SSSR count). The lowest BCUT2D eigenvalue weighted by Crippen LogP contribution is -2.36. The van der Waals surface area contributed by atoms with Gasteiger partial charge >= 0.3 is 0 Å². The number of H-pyrrole nitrogens is 1. The Kier molecular flexibility index (Phi) is 3.56. The zero-order chi connectivity index (χ0) is 17.7.